The fourth-order valence-corrected chi connectivity index (χ4v) is 3.19. The van der Waals surface area contributed by atoms with Gasteiger partial charge >= 0.3 is 0 Å². The van der Waals surface area contributed by atoms with Gasteiger partial charge in [0.25, 0.3) is 0 Å². The molecule has 0 spiro atoms. The third kappa shape index (κ3) is 5.83. The van der Waals surface area contributed by atoms with Crippen molar-refractivity contribution in [2.24, 2.45) is 0 Å². The van der Waals surface area contributed by atoms with Gasteiger partial charge in [0.2, 0.25) is 0 Å². The summed E-state index contributed by atoms with van der Waals surface area (Å²) in [5, 5.41) is 0. The van der Waals surface area contributed by atoms with Crippen molar-refractivity contribution in [3.8, 4) is 12.0 Å². The summed E-state index contributed by atoms with van der Waals surface area (Å²) in [6.07, 6.45) is 5.39. The Morgan fingerprint density at radius 1 is 1.38 bits per heavy atom. The number of terminal acetylenes is 1. The standard InChI is InChI=1S/C9H16O2Si2/c1-6-13(4,5)8-7-12-9(10-2)11-3/h1,7-9H,2-5H3/b8-7+. The van der Waals surface area contributed by atoms with Gasteiger partial charge in [0, 0.05) is 14.2 Å². The first kappa shape index (κ1) is 12.7. The Morgan fingerprint density at radius 3 is 2.31 bits per heavy atom. The monoisotopic (exact) mass is 212 g/mol. The molecule has 2 nitrogen and oxygen atoms in total. The van der Waals surface area contributed by atoms with Gasteiger partial charge in [0.15, 0.2) is 8.07 Å². The third-order valence-electron chi connectivity index (χ3n) is 1.53. The van der Waals surface area contributed by atoms with E-state index in [0.717, 1.165) is 0 Å². The zero-order valence-corrected chi connectivity index (χ0v) is 10.6. The maximum Gasteiger partial charge on any atom is 0.154 e. The van der Waals surface area contributed by atoms with Crippen LogP contribution in [0.25, 0.3) is 0 Å². The molecule has 0 amide bonds. The number of rotatable bonds is 5. The van der Waals surface area contributed by atoms with E-state index in [1.165, 1.54) is 0 Å². The Kier molecular flexibility index (Phi) is 6.00. The van der Waals surface area contributed by atoms with Crippen molar-refractivity contribution < 1.29 is 9.47 Å². The van der Waals surface area contributed by atoms with Crippen LogP contribution in [0.3, 0.4) is 0 Å². The lowest BCUT2D eigenvalue weighted by atomic mass is 11.2. The van der Waals surface area contributed by atoms with E-state index in [-0.39, 0.29) is 5.91 Å². The Balaban J connectivity index is 3.94. The van der Waals surface area contributed by atoms with E-state index >= 15 is 0 Å². The molecular weight excluding hydrogens is 196 g/mol. The number of hydrogen-bond donors (Lipinski definition) is 0. The maximum atomic E-state index is 5.39. The van der Waals surface area contributed by atoms with Crippen molar-refractivity contribution in [3.63, 3.8) is 0 Å². The molecule has 13 heavy (non-hydrogen) atoms. The molecule has 0 heterocycles. The van der Waals surface area contributed by atoms with Crippen molar-refractivity contribution in [3.05, 3.63) is 11.4 Å². The molecule has 4 heteroatoms. The molecule has 0 rings (SSSR count). The number of ether oxygens (including phenoxy) is 2. The highest BCUT2D eigenvalue weighted by Gasteiger charge is 2.12. The molecule has 0 bridgehead atoms. The van der Waals surface area contributed by atoms with Crippen LogP contribution in [-0.4, -0.2) is 37.7 Å². The van der Waals surface area contributed by atoms with Crippen LogP contribution in [0.4, 0.5) is 0 Å². The van der Waals surface area contributed by atoms with E-state index < -0.39 is 8.07 Å². The molecule has 0 unspecified atom stereocenters. The van der Waals surface area contributed by atoms with Crippen LogP contribution in [0.15, 0.2) is 11.4 Å². The van der Waals surface area contributed by atoms with Gasteiger partial charge in [-0.05, 0) is 0 Å². The molecule has 0 aromatic carbocycles. The molecule has 0 saturated carbocycles. The van der Waals surface area contributed by atoms with Crippen LogP contribution in [0, 0.1) is 12.0 Å². The summed E-state index contributed by atoms with van der Waals surface area (Å²) < 4.78 is 10.1. The average Bonchev–Trinajstić information content (AvgIpc) is 2.12. The Hall–Kier alpha value is -0.346. The SMILES string of the molecule is C#C[Si](C)(C)/C=C/[Si]C(OC)OC. The van der Waals surface area contributed by atoms with E-state index in [1.54, 1.807) is 14.2 Å². The molecule has 0 aliphatic heterocycles. The molecule has 0 N–H and O–H groups in total. The van der Waals surface area contributed by atoms with Gasteiger partial charge in [0.1, 0.15) is 15.4 Å². The van der Waals surface area contributed by atoms with Gasteiger partial charge in [-0.15, -0.1) is 17.7 Å². The zero-order chi connectivity index (χ0) is 10.3. The highest BCUT2D eigenvalue weighted by Crippen LogP contribution is 2.01. The van der Waals surface area contributed by atoms with Crippen molar-refractivity contribution >= 4 is 17.6 Å². The molecule has 2 radical (unpaired) electrons. The number of hydrogen-bond acceptors (Lipinski definition) is 2. The Labute approximate surface area is 84.2 Å². The van der Waals surface area contributed by atoms with Gasteiger partial charge in [-0.25, -0.2) is 0 Å². The molecule has 0 aliphatic carbocycles. The van der Waals surface area contributed by atoms with Crippen molar-refractivity contribution in [2.45, 2.75) is 19.0 Å². The van der Waals surface area contributed by atoms with Gasteiger partial charge < -0.3 is 9.47 Å². The second kappa shape index (κ2) is 6.16. The topological polar surface area (TPSA) is 18.5 Å². The van der Waals surface area contributed by atoms with Crippen LogP contribution in [0.5, 0.6) is 0 Å². The summed E-state index contributed by atoms with van der Waals surface area (Å²) in [6.45, 7) is 4.26. The lowest BCUT2D eigenvalue weighted by Crippen LogP contribution is -2.23. The Bertz CT molecular complexity index is 202. The fraction of sp³-hybridized carbons (Fsp3) is 0.556. The molecule has 0 aliphatic rings. The molecular formula is C9H16O2Si2. The minimum absolute atomic E-state index is 0.126. The number of methoxy groups -OCH3 is 2. The summed E-state index contributed by atoms with van der Waals surface area (Å²) in [5.74, 6) is -0.126. The van der Waals surface area contributed by atoms with Crippen molar-refractivity contribution in [1.82, 2.24) is 0 Å². The summed E-state index contributed by atoms with van der Waals surface area (Å²) in [6, 6.07) is 0. The predicted octanol–water partition coefficient (Wildman–Crippen LogP) is 1.20. The van der Waals surface area contributed by atoms with Crippen LogP contribution in [-0.2, 0) is 9.47 Å². The van der Waals surface area contributed by atoms with Gasteiger partial charge in [-0.1, -0.05) is 18.8 Å². The van der Waals surface area contributed by atoms with Crippen molar-refractivity contribution in [2.75, 3.05) is 14.2 Å². The molecule has 0 saturated heterocycles. The first-order valence-electron chi connectivity index (χ1n) is 4.03. The smallest absolute Gasteiger partial charge is 0.154 e. The van der Waals surface area contributed by atoms with E-state index in [9.17, 15) is 0 Å². The van der Waals surface area contributed by atoms with Crippen LogP contribution in [0.1, 0.15) is 0 Å². The van der Waals surface area contributed by atoms with E-state index in [4.69, 9.17) is 15.9 Å². The lowest BCUT2D eigenvalue weighted by molar-refractivity contribution is -0.0430. The van der Waals surface area contributed by atoms with Crippen molar-refractivity contribution in [1.29, 1.82) is 0 Å². The minimum Gasteiger partial charge on any atom is -0.360 e. The van der Waals surface area contributed by atoms with E-state index in [0.29, 0.717) is 9.52 Å². The fourth-order valence-electron chi connectivity index (χ4n) is 0.615. The molecule has 72 valence electrons. The first-order chi connectivity index (χ1) is 6.05. The van der Waals surface area contributed by atoms with Crippen LogP contribution in [0.2, 0.25) is 13.1 Å². The highest BCUT2D eigenvalue weighted by atomic mass is 28.3. The van der Waals surface area contributed by atoms with Gasteiger partial charge in [-0.3, -0.25) is 0 Å². The maximum absolute atomic E-state index is 5.39. The first-order valence-corrected chi connectivity index (χ1v) is 8.26. The molecule has 0 fully saturated rings. The summed E-state index contributed by atoms with van der Waals surface area (Å²) in [7, 11) is 2.26. The quantitative estimate of drug-likeness (QED) is 0.387. The van der Waals surface area contributed by atoms with Gasteiger partial charge in [0.05, 0.1) is 0 Å². The van der Waals surface area contributed by atoms with E-state index in [2.05, 4.69) is 30.0 Å². The predicted molar refractivity (Wildman–Crippen MR) is 59.0 cm³/mol. The van der Waals surface area contributed by atoms with E-state index in [1.807, 2.05) is 0 Å². The molecule has 0 aromatic heterocycles. The third-order valence-corrected chi connectivity index (χ3v) is 4.71. The molecule has 0 aromatic rings. The summed E-state index contributed by atoms with van der Waals surface area (Å²) in [5.41, 5.74) is 7.03. The second-order valence-electron chi connectivity index (χ2n) is 3.17. The van der Waals surface area contributed by atoms with Crippen LogP contribution >= 0.6 is 0 Å². The minimum atomic E-state index is -1.53. The second-order valence-corrected chi connectivity index (χ2v) is 8.37. The largest absolute Gasteiger partial charge is 0.360 e. The summed E-state index contributed by atoms with van der Waals surface area (Å²) in [4.78, 5) is 0. The van der Waals surface area contributed by atoms with Crippen LogP contribution < -0.4 is 0 Å². The normalized spacial score (nSPS) is 12.3. The highest BCUT2D eigenvalue weighted by molar-refractivity contribution is 6.89. The lowest BCUT2D eigenvalue weighted by Gasteiger charge is -2.11. The summed E-state index contributed by atoms with van der Waals surface area (Å²) >= 11 is 0. The average molecular weight is 212 g/mol. The zero-order valence-electron chi connectivity index (χ0n) is 8.63. The Morgan fingerprint density at radius 2 is 1.92 bits per heavy atom. The van der Waals surface area contributed by atoms with Gasteiger partial charge in [-0.2, -0.15) is 0 Å². The molecule has 0 atom stereocenters.